The molecule has 1 aliphatic heterocycles. The molecule has 2 aliphatic rings. The molecule has 1 aromatic heterocycles. The van der Waals surface area contributed by atoms with Crippen LogP contribution in [0.4, 0.5) is 5.13 Å². The summed E-state index contributed by atoms with van der Waals surface area (Å²) >= 11 is 1.82. The van der Waals surface area contributed by atoms with Crippen LogP contribution >= 0.6 is 11.3 Å². The van der Waals surface area contributed by atoms with Crippen molar-refractivity contribution in [3.63, 3.8) is 0 Å². The number of nitrogens with zero attached hydrogens (tertiary/aromatic N) is 2. The monoisotopic (exact) mass is 267 g/mol. The molecule has 1 unspecified atom stereocenters. The van der Waals surface area contributed by atoms with Gasteiger partial charge in [-0.05, 0) is 26.2 Å². The van der Waals surface area contributed by atoms with E-state index in [-0.39, 0.29) is 0 Å². The Hall–Kier alpha value is -0.650. The summed E-state index contributed by atoms with van der Waals surface area (Å²) in [7, 11) is 0. The zero-order chi connectivity index (χ0) is 12.4. The molecule has 1 atom stereocenters. The van der Waals surface area contributed by atoms with Crippen molar-refractivity contribution < 1.29 is 4.74 Å². The molecule has 100 valence electrons. The Morgan fingerprint density at radius 3 is 3.28 bits per heavy atom. The number of hydrogen-bond donors (Lipinski definition) is 1. The van der Waals surface area contributed by atoms with Crippen molar-refractivity contribution in [1.29, 1.82) is 0 Å². The Morgan fingerprint density at radius 1 is 1.56 bits per heavy atom. The van der Waals surface area contributed by atoms with Gasteiger partial charge in [0.2, 0.25) is 0 Å². The highest BCUT2D eigenvalue weighted by Crippen LogP contribution is 2.25. The van der Waals surface area contributed by atoms with E-state index in [9.17, 15) is 0 Å². The Labute approximate surface area is 112 Å². The first-order valence-electron chi connectivity index (χ1n) is 6.86. The van der Waals surface area contributed by atoms with Gasteiger partial charge in [0.05, 0.1) is 6.10 Å². The van der Waals surface area contributed by atoms with E-state index in [2.05, 4.69) is 22.1 Å². The second-order valence-electron chi connectivity index (χ2n) is 5.25. The highest BCUT2D eigenvalue weighted by molar-refractivity contribution is 7.15. The Kier molecular flexibility index (Phi) is 3.82. The minimum atomic E-state index is 0.310. The third-order valence-corrected chi connectivity index (χ3v) is 4.46. The van der Waals surface area contributed by atoms with E-state index in [1.807, 2.05) is 17.5 Å². The van der Waals surface area contributed by atoms with Crippen LogP contribution in [0, 0.1) is 0 Å². The maximum atomic E-state index is 5.67. The van der Waals surface area contributed by atoms with E-state index in [0.29, 0.717) is 6.10 Å². The molecule has 0 amide bonds. The van der Waals surface area contributed by atoms with Crippen molar-refractivity contribution in [2.24, 2.45) is 0 Å². The second kappa shape index (κ2) is 5.55. The molecule has 4 nitrogen and oxygen atoms in total. The van der Waals surface area contributed by atoms with Gasteiger partial charge in [0, 0.05) is 43.4 Å². The van der Waals surface area contributed by atoms with E-state index in [1.165, 1.54) is 17.7 Å². The molecule has 1 saturated heterocycles. The fourth-order valence-corrected chi connectivity index (χ4v) is 3.12. The van der Waals surface area contributed by atoms with Gasteiger partial charge in [-0.2, -0.15) is 0 Å². The molecular formula is C13H21N3OS. The lowest BCUT2D eigenvalue weighted by molar-refractivity contribution is 0.0821. The number of thiazole rings is 1. The summed E-state index contributed by atoms with van der Waals surface area (Å²) in [5.41, 5.74) is 0. The van der Waals surface area contributed by atoms with Crippen molar-refractivity contribution in [3.8, 4) is 0 Å². The molecule has 5 heteroatoms. The van der Waals surface area contributed by atoms with Gasteiger partial charge in [-0.15, -0.1) is 11.3 Å². The maximum absolute atomic E-state index is 5.67. The van der Waals surface area contributed by atoms with E-state index >= 15 is 0 Å². The van der Waals surface area contributed by atoms with Gasteiger partial charge in [0.25, 0.3) is 0 Å². The van der Waals surface area contributed by atoms with Crippen LogP contribution in [-0.4, -0.2) is 36.8 Å². The topological polar surface area (TPSA) is 37.4 Å². The minimum absolute atomic E-state index is 0.310. The molecular weight excluding hydrogens is 246 g/mol. The number of nitrogens with one attached hydrogen (secondary N) is 1. The van der Waals surface area contributed by atoms with Crippen LogP contribution in [0.15, 0.2) is 6.20 Å². The predicted octanol–water partition coefficient (Wildman–Crippen LogP) is 2.01. The second-order valence-corrected chi connectivity index (χ2v) is 6.34. The van der Waals surface area contributed by atoms with Gasteiger partial charge < -0.3 is 15.0 Å². The molecule has 2 heterocycles. The lowest BCUT2D eigenvalue weighted by Crippen LogP contribution is -2.29. The lowest BCUT2D eigenvalue weighted by Gasteiger charge is -2.20. The first-order chi connectivity index (χ1) is 8.81. The molecule has 0 aromatic carbocycles. The van der Waals surface area contributed by atoms with Crippen LogP contribution in [0.2, 0.25) is 0 Å². The zero-order valence-corrected chi connectivity index (χ0v) is 11.7. The summed E-state index contributed by atoms with van der Waals surface area (Å²) in [5, 5.41) is 4.69. The van der Waals surface area contributed by atoms with Crippen LogP contribution in [0.25, 0.3) is 0 Å². The molecule has 0 bridgehead atoms. The van der Waals surface area contributed by atoms with Gasteiger partial charge in [0.1, 0.15) is 0 Å². The molecule has 1 saturated carbocycles. The molecule has 1 N–H and O–H groups in total. The van der Waals surface area contributed by atoms with Gasteiger partial charge in [-0.25, -0.2) is 4.98 Å². The molecule has 1 aliphatic carbocycles. The number of ether oxygens (including phenoxy) is 1. The lowest BCUT2D eigenvalue weighted by atomic mass is 10.4. The normalized spacial score (nSPS) is 25.2. The number of aromatic nitrogens is 1. The van der Waals surface area contributed by atoms with Crippen molar-refractivity contribution in [2.75, 3.05) is 24.6 Å². The van der Waals surface area contributed by atoms with Crippen molar-refractivity contribution in [1.82, 2.24) is 10.3 Å². The summed E-state index contributed by atoms with van der Waals surface area (Å²) in [6.07, 6.45) is 6.11. The first kappa shape index (κ1) is 12.4. The summed E-state index contributed by atoms with van der Waals surface area (Å²) in [6.45, 7) is 6.01. The van der Waals surface area contributed by atoms with Crippen LogP contribution in [0.1, 0.15) is 31.1 Å². The zero-order valence-electron chi connectivity index (χ0n) is 10.9. The standard InChI is InChI=1S/C13H21N3OS/c1-10-9-16(5-2-6-17-10)13-15-8-12(18-13)7-14-11-3-4-11/h8,10-11,14H,2-7,9H2,1H3. The maximum Gasteiger partial charge on any atom is 0.185 e. The van der Waals surface area contributed by atoms with Crippen molar-refractivity contribution in [3.05, 3.63) is 11.1 Å². The summed E-state index contributed by atoms with van der Waals surface area (Å²) in [6, 6.07) is 0.766. The summed E-state index contributed by atoms with van der Waals surface area (Å²) in [5.74, 6) is 0. The van der Waals surface area contributed by atoms with E-state index in [4.69, 9.17) is 4.74 Å². The minimum Gasteiger partial charge on any atom is -0.377 e. The third kappa shape index (κ3) is 3.22. The Balaban J connectivity index is 1.59. The highest BCUT2D eigenvalue weighted by atomic mass is 32.1. The van der Waals surface area contributed by atoms with Crippen molar-refractivity contribution in [2.45, 2.75) is 44.9 Å². The van der Waals surface area contributed by atoms with E-state index in [1.54, 1.807) is 0 Å². The van der Waals surface area contributed by atoms with Crippen molar-refractivity contribution >= 4 is 16.5 Å². The first-order valence-corrected chi connectivity index (χ1v) is 7.67. The largest absolute Gasteiger partial charge is 0.377 e. The average Bonchev–Trinajstić information content (AvgIpc) is 3.12. The number of rotatable bonds is 4. The number of hydrogen-bond acceptors (Lipinski definition) is 5. The van der Waals surface area contributed by atoms with Crippen LogP contribution in [-0.2, 0) is 11.3 Å². The quantitative estimate of drug-likeness (QED) is 0.905. The average molecular weight is 267 g/mol. The van der Waals surface area contributed by atoms with Crippen LogP contribution in [0.5, 0.6) is 0 Å². The smallest absolute Gasteiger partial charge is 0.185 e. The highest BCUT2D eigenvalue weighted by Gasteiger charge is 2.21. The summed E-state index contributed by atoms with van der Waals surface area (Å²) < 4.78 is 5.67. The van der Waals surface area contributed by atoms with Gasteiger partial charge in [-0.3, -0.25) is 0 Å². The van der Waals surface area contributed by atoms with Gasteiger partial charge in [-0.1, -0.05) is 0 Å². The fourth-order valence-electron chi connectivity index (χ4n) is 2.23. The number of anilines is 1. The van der Waals surface area contributed by atoms with Gasteiger partial charge >= 0.3 is 0 Å². The SMILES string of the molecule is CC1CN(c2ncc(CNC3CC3)s2)CCCO1. The van der Waals surface area contributed by atoms with Crippen LogP contribution in [0.3, 0.4) is 0 Å². The third-order valence-electron chi connectivity index (χ3n) is 3.41. The molecule has 0 radical (unpaired) electrons. The molecule has 2 fully saturated rings. The Morgan fingerprint density at radius 2 is 2.44 bits per heavy atom. The molecule has 18 heavy (non-hydrogen) atoms. The van der Waals surface area contributed by atoms with E-state index < -0.39 is 0 Å². The fraction of sp³-hybridized carbons (Fsp3) is 0.769. The predicted molar refractivity (Wildman–Crippen MR) is 74.2 cm³/mol. The summed E-state index contributed by atoms with van der Waals surface area (Å²) in [4.78, 5) is 8.27. The molecule has 1 aromatic rings. The Bertz CT molecular complexity index is 391. The van der Waals surface area contributed by atoms with E-state index in [0.717, 1.165) is 43.8 Å². The van der Waals surface area contributed by atoms with Gasteiger partial charge in [0.15, 0.2) is 5.13 Å². The molecule has 0 spiro atoms. The molecule has 3 rings (SSSR count). The van der Waals surface area contributed by atoms with Crippen LogP contribution < -0.4 is 10.2 Å².